The summed E-state index contributed by atoms with van der Waals surface area (Å²) in [5, 5.41) is 4.46. The van der Waals surface area contributed by atoms with E-state index in [0.29, 0.717) is 0 Å². The van der Waals surface area contributed by atoms with Crippen molar-refractivity contribution in [3.63, 3.8) is 0 Å². The zero-order chi connectivity index (χ0) is 19.6. The average molecular weight is 397 g/mol. The normalized spacial score (nSPS) is 18.8. The minimum atomic E-state index is 0.0382. The van der Waals surface area contributed by atoms with Crippen LogP contribution >= 0.6 is 11.8 Å². The van der Waals surface area contributed by atoms with Gasteiger partial charge in [0.05, 0.1) is 12.6 Å². The monoisotopic (exact) mass is 396 g/mol. The van der Waals surface area contributed by atoms with E-state index >= 15 is 0 Å². The summed E-state index contributed by atoms with van der Waals surface area (Å²) < 4.78 is 5.25. The molecule has 0 amide bonds. The third kappa shape index (κ3) is 4.38. The molecule has 2 aliphatic rings. The Balaban J connectivity index is 1.33. The SMILES string of the molecule is COc1ccc(N2CCN(c3ccc(NC4=NC(C)(C)CS4)cc3)CC2)cc1. The summed E-state index contributed by atoms with van der Waals surface area (Å²) in [6, 6.07) is 17.1. The number of hydrogen-bond donors (Lipinski definition) is 1. The Bertz CT molecular complexity index is 825. The van der Waals surface area contributed by atoms with Crippen molar-refractivity contribution in [1.29, 1.82) is 0 Å². The van der Waals surface area contributed by atoms with E-state index in [-0.39, 0.29) is 5.54 Å². The highest BCUT2D eigenvalue weighted by atomic mass is 32.2. The van der Waals surface area contributed by atoms with Crippen molar-refractivity contribution in [2.75, 3.05) is 54.2 Å². The van der Waals surface area contributed by atoms with Crippen molar-refractivity contribution in [1.82, 2.24) is 0 Å². The third-order valence-electron chi connectivity index (χ3n) is 5.17. The molecule has 28 heavy (non-hydrogen) atoms. The predicted molar refractivity (Wildman–Crippen MR) is 121 cm³/mol. The van der Waals surface area contributed by atoms with E-state index in [1.165, 1.54) is 11.4 Å². The highest BCUT2D eigenvalue weighted by Gasteiger charge is 2.25. The minimum absolute atomic E-state index is 0.0382. The van der Waals surface area contributed by atoms with E-state index in [9.17, 15) is 0 Å². The number of aliphatic imine (C=N–C) groups is 1. The molecule has 2 heterocycles. The summed E-state index contributed by atoms with van der Waals surface area (Å²) in [5.74, 6) is 1.94. The van der Waals surface area contributed by atoms with Crippen LogP contribution in [0, 0.1) is 0 Å². The van der Waals surface area contributed by atoms with E-state index < -0.39 is 0 Å². The van der Waals surface area contributed by atoms with Crippen LogP contribution in [0.4, 0.5) is 17.1 Å². The van der Waals surface area contributed by atoms with Gasteiger partial charge in [-0.15, -0.1) is 0 Å². The molecule has 0 spiro atoms. The van der Waals surface area contributed by atoms with Crippen molar-refractivity contribution in [2.45, 2.75) is 19.4 Å². The summed E-state index contributed by atoms with van der Waals surface area (Å²) in [7, 11) is 1.70. The number of anilines is 3. The van der Waals surface area contributed by atoms with Crippen LogP contribution < -0.4 is 19.9 Å². The van der Waals surface area contributed by atoms with Gasteiger partial charge in [0.2, 0.25) is 0 Å². The molecule has 0 saturated carbocycles. The summed E-state index contributed by atoms with van der Waals surface area (Å²) >= 11 is 1.79. The van der Waals surface area contributed by atoms with Gasteiger partial charge in [0.1, 0.15) is 5.75 Å². The molecule has 0 atom stereocenters. The fraction of sp³-hybridized carbons (Fsp3) is 0.409. The van der Waals surface area contributed by atoms with Gasteiger partial charge in [-0.05, 0) is 62.4 Å². The molecule has 1 fully saturated rings. The lowest BCUT2D eigenvalue weighted by molar-refractivity contribution is 0.415. The second-order valence-corrected chi connectivity index (χ2v) is 8.83. The van der Waals surface area contributed by atoms with Gasteiger partial charge < -0.3 is 19.9 Å². The Morgan fingerprint density at radius 3 is 1.89 bits per heavy atom. The number of nitrogens with one attached hydrogen (secondary N) is 1. The van der Waals surface area contributed by atoms with Gasteiger partial charge in [-0.3, -0.25) is 4.99 Å². The van der Waals surface area contributed by atoms with Crippen LogP contribution in [0.2, 0.25) is 0 Å². The number of benzene rings is 2. The third-order valence-corrected chi connectivity index (χ3v) is 6.48. The van der Waals surface area contributed by atoms with Crippen LogP contribution in [0.15, 0.2) is 53.5 Å². The molecule has 6 heteroatoms. The van der Waals surface area contributed by atoms with Crippen LogP contribution in [-0.2, 0) is 0 Å². The minimum Gasteiger partial charge on any atom is -0.497 e. The van der Waals surface area contributed by atoms with Gasteiger partial charge in [0.15, 0.2) is 5.17 Å². The van der Waals surface area contributed by atoms with E-state index in [0.717, 1.165) is 48.5 Å². The summed E-state index contributed by atoms with van der Waals surface area (Å²) in [4.78, 5) is 9.61. The molecule has 0 aromatic heterocycles. The summed E-state index contributed by atoms with van der Waals surface area (Å²) in [6.45, 7) is 8.43. The van der Waals surface area contributed by atoms with Gasteiger partial charge in [0.25, 0.3) is 0 Å². The first-order chi connectivity index (χ1) is 13.5. The average Bonchev–Trinajstić information content (AvgIpc) is 3.07. The van der Waals surface area contributed by atoms with Crippen LogP contribution in [0.25, 0.3) is 0 Å². The van der Waals surface area contributed by atoms with Gasteiger partial charge in [0, 0.05) is 49.0 Å². The molecular formula is C22H28N4OS. The fourth-order valence-electron chi connectivity index (χ4n) is 3.54. The maximum Gasteiger partial charge on any atom is 0.161 e. The topological polar surface area (TPSA) is 40.1 Å². The molecular weight excluding hydrogens is 368 g/mol. The zero-order valence-electron chi connectivity index (χ0n) is 16.8. The van der Waals surface area contributed by atoms with Crippen molar-refractivity contribution in [2.24, 2.45) is 4.99 Å². The Hall–Kier alpha value is -2.34. The van der Waals surface area contributed by atoms with Crippen molar-refractivity contribution in [3.8, 4) is 5.75 Å². The quantitative estimate of drug-likeness (QED) is 0.834. The lowest BCUT2D eigenvalue weighted by Crippen LogP contribution is -2.46. The smallest absolute Gasteiger partial charge is 0.161 e. The first kappa shape index (κ1) is 19.0. The molecule has 4 rings (SSSR count). The molecule has 2 aromatic rings. The number of thioether (sulfide) groups is 1. The highest BCUT2D eigenvalue weighted by molar-refractivity contribution is 8.14. The number of hydrogen-bond acceptors (Lipinski definition) is 6. The molecule has 5 nitrogen and oxygen atoms in total. The van der Waals surface area contributed by atoms with Gasteiger partial charge in [-0.2, -0.15) is 0 Å². The van der Waals surface area contributed by atoms with E-state index in [1.807, 2.05) is 12.1 Å². The predicted octanol–water partition coefficient (Wildman–Crippen LogP) is 4.32. The lowest BCUT2D eigenvalue weighted by Gasteiger charge is -2.37. The number of rotatable bonds is 4. The molecule has 1 saturated heterocycles. The highest BCUT2D eigenvalue weighted by Crippen LogP contribution is 2.28. The molecule has 2 aliphatic heterocycles. The largest absolute Gasteiger partial charge is 0.497 e. The molecule has 1 N–H and O–H groups in total. The Kier molecular flexibility index (Phi) is 5.40. The Labute approximate surface area is 171 Å². The second kappa shape index (κ2) is 7.95. The van der Waals surface area contributed by atoms with Crippen LogP contribution in [0.1, 0.15) is 13.8 Å². The Morgan fingerprint density at radius 1 is 0.893 bits per heavy atom. The zero-order valence-corrected chi connectivity index (χ0v) is 17.6. The van der Waals surface area contributed by atoms with Crippen LogP contribution in [0.3, 0.4) is 0 Å². The van der Waals surface area contributed by atoms with Gasteiger partial charge >= 0.3 is 0 Å². The van der Waals surface area contributed by atoms with E-state index in [1.54, 1.807) is 18.9 Å². The first-order valence-electron chi connectivity index (χ1n) is 9.76. The molecule has 0 radical (unpaired) electrons. The first-order valence-corrected chi connectivity index (χ1v) is 10.7. The van der Waals surface area contributed by atoms with Gasteiger partial charge in [-0.1, -0.05) is 11.8 Å². The maximum atomic E-state index is 5.25. The lowest BCUT2D eigenvalue weighted by atomic mass is 10.1. The summed E-state index contributed by atoms with van der Waals surface area (Å²) in [6.07, 6.45) is 0. The van der Waals surface area contributed by atoms with Crippen molar-refractivity contribution < 1.29 is 4.74 Å². The van der Waals surface area contributed by atoms with Crippen molar-refractivity contribution >= 4 is 34.0 Å². The molecule has 0 unspecified atom stereocenters. The summed E-state index contributed by atoms with van der Waals surface area (Å²) in [5.41, 5.74) is 3.68. The van der Waals surface area contributed by atoms with Crippen molar-refractivity contribution in [3.05, 3.63) is 48.5 Å². The standard InChI is InChI=1S/C22H28N4OS/c1-22(2)16-28-21(24-22)23-17-4-6-18(7-5-17)25-12-14-26(15-13-25)19-8-10-20(27-3)11-9-19/h4-11H,12-16H2,1-3H3,(H,23,24). The molecule has 2 aromatic carbocycles. The number of piperazine rings is 1. The molecule has 0 aliphatic carbocycles. The van der Waals surface area contributed by atoms with Gasteiger partial charge in [-0.25, -0.2) is 0 Å². The fourth-order valence-corrected chi connectivity index (χ4v) is 4.60. The number of amidine groups is 1. The Morgan fingerprint density at radius 2 is 1.43 bits per heavy atom. The number of nitrogens with zero attached hydrogens (tertiary/aromatic N) is 3. The van der Waals surface area contributed by atoms with E-state index in [2.05, 4.69) is 65.4 Å². The number of methoxy groups -OCH3 is 1. The molecule has 148 valence electrons. The van der Waals surface area contributed by atoms with Crippen LogP contribution in [-0.4, -0.2) is 49.7 Å². The van der Waals surface area contributed by atoms with E-state index in [4.69, 9.17) is 9.73 Å². The maximum absolute atomic E-state index is 5.25. The van der Waals surface area contributed by atoms with Crippen LogP contribution in [0.5, 0.6) is 5.75 Å². The second-order valence-electron chi connectivity index (χ2n) is 7.86. The number of ether oxygens (including phenoxy) is 1. The molecule has 0 bridgehead atoms.